The van der Waals surface area contributed by atoms with Crippen LogP contribution in [0.25, 0.3) is 34.3 Å². The number of nitrogens with zero attached hydrogens (tertiary/aromatic N) is 6. The van der Waals surface area contributed by atoms with E-state index in [2.05, 4.69) is 30.4 Å². The zero-order valence-corrected chi connectivity index (χ0v) is 19.7. The molecule has 0 aliphatic rings. The van der Waals surface area contributed by atoms with E-state index < -0.39 is 11.8 Å². The highest BCUT2D eigenvalue weighted by atomic mass is 35.5. The van der Waals surface area contributed by atoms with Crippen molar-refractivity contribution in [1.82, 2.24) is 29.7 Å². The Kier molecular flexibility index (Phi) is 6.64. The van der Waals surface area contributed by atoms with Gasteiger partial charge in [0.25, 0.3) is 0 Å². The maximum Gasteiger partial charge on any atom is 0.328 e. The van der Waals surface area contributed by atoms with E-state index in [1.54, 1.807) is 41.6 Å². The maximum atomic E-state index is 13.6. The lowest BCUT2D eigenvalue weighted by Crippen LogP contribution is -2.06. The Bertz CT molecular complexity index is 1620. The third-order valence-corrected chi connectivity index (χ3v) is 5.53. The van der Waals surface area contributed by atoms with Gasteiger partial charge in [0.1, 0.15) is 12.1 Å². The number of hydrogen-bond acceptors (Lipinski definition) is 7. The second-order valence-corrected chi connectivity index (χ2v) is 8.16. The Morgan fingerprint density at radius 2 is 1.97 bits per heavy atom. The van der Waals surface area contributed by atoms with Gasteiger partial charge in [-0.1, -0.05) is 29.8 Å². The van der Waals surface area contributed by atoms with Crippen LogP contribution in [0.4, 0.5) is 16.0 Å². The number of hydrogen-bond donors (Lipinski definition) is 2. The van der Waals surface area contributed by atoms with E-state index in [4.69, 9.17) is 16.7 Å². The van der Waals surface area contributed by atoms with Crippen LogP contribution in [0.2, 0.25) is 5.02 Å². The summed E-state index contributed by atoms with van der Waals surface area (Å²) in [6.07, 6.45) is 10.7. The molecule has 2 aromatic carbocycles. The average Bonchev–Trinajstić information content (AvgIpc) is 3.41. The van der Waals surface area contributed by atoms with Crippen LogP contribution < -0.4 is 5.32 Å². The summed E-state index contributed by atoms with van der Waals surface area (Å²) < 4.78 is 15.2. The first-order chi connectivity index (χ1) is 18.0. The predicted molar refractivity (Wildman–Crippen MR) is 137 cm³/mol. The van der Waals surface area contributed by atoms with Crippen molar-refractivity contribution in [3.8, 4) is 28.2 Å². The predicted octanol–water partition coefficient (Wildman–Crippen LogP) is 5.42. The summed E-state index contributed by atoms with van der Waals surface area (Å²) in [4.78, 5) is 28.3. The number of benzene rings is 2. The quantitative estimate of drug-likeness (QED) is 0.277. The molecule has 182 valence electrons. The topological polar surface area (TPSA) is 119 Å². The fourth-order valence-corrected chi connectivity index (χ4v) is 3.70. The van der Waals surface area contributed by atoms with Crippen LogP contribution in [0.5, 0.6) is 0 Å². The molecule has 11 heteroatoms. The van der Waals surface area contributed by atoms with Crippen LogP contribution in [-0.2, 0) is 4.79 Å². The van der Waals surface area contributed by atoms with Gasteiger partial charge in [-0.05, 0) is 47.5 Å². The van der Waals surface area contributed by atoms with E-state index in [0.717, 1.165) is 17.2 Å². The van der Waals surface area contributed by atoms with Gasteiger partial charge in [0.15, 0.2) is 5.82 Å². The summed E-state index contributed by atoms with van der Waals surface area (Å²) in [5.41, 5.74) is 4.04. The highest BCUT2D eigenvalue weighted by Crippen LogP contribution is 2.29. The number of aliphatic carboxylic acids is 1. The summed E-state index contributed by atoms with van der Waals surface area (Å²) in [7, 11) is 0. The lowest BCUT2D eigenvalue weighted by Gasteiger charge is -2.12. The van der Waals surface area contributed by atoms with Crippen LogP contribution in [-0.4, -0.2) is 40.8 Å². The summed E-state index contributed by atoms with van der Waals surface area (Å²) in [6, 6.07) is 13.3. The number of halogens is 2. The molecule has 0 saturated heterocycles. The van der Waals surface area contributed by atoms with Crippen molar-refractivity contribution in [3.05, 3.63) is 102 Å². The largest absolute Gasteiger partial charge is 0.478 e. The molecule has 0 radical (unpaired) electrons. The van der Waals surface area contributed by atoms with E-state index >= 15 is 0 Å². The third-order valence-electron chi connectivity index (χ3n) is 5.24. The van der Waals surface area contributed by atoms with Crippen molar-refractivity contribution < 1.29 is 14.3 Å². The number of nitrogens with one attached hydrogen (secondary N) is 1. The van der Waals surface area contributed by atoms with E-state index in [1.807, 2.05) is 18.2 Å². The SMILES string of the molecule is O=C(O)C=Cc1cccc(-c2cnc(Nc3ccc(F)c(Cl)c3)nc2-n2cc(-c3ccncn3)cn2)c1. The van der Waals surface area contributed by atoms with Crippen molar-refractivity contribution in [3.63, 3.8) is 0 Å². The van der Waals surface area contributed by atoms with Crippen molar-refractivity contribution in [1.29, 1.82) is 0 Å². The highest BCUT2D eigenvalue weighted by molar-refractivity contribution is 6.31. The van der Waals surface area contributed by atoms with E-state index in [9.17, 15) is 9.18 Å². The molecule has 0 aliphatic heterocycles. The number of aromatic nitrogens is 6. The fourth-order valence-electron chi connectivity index (χ4n) is 3.52. The molecule has 2 N–H and O–H groups in total. The van der Waals surface area contributed by atoms with Crippen LogP contribution in [0.3, 0.4) is 0 Å². The van der Waals surface area contributed by atoms with E-state index in [0.29, 0.717) is 28.3 Å². The molecule has 3 heterocycles. The molecule has 0 bridgehead atoms. The minimum absolute atomic E-state index is 0.0327. The van der Waals surface area contributed by atoms with Gasteiger partial charge in [0, 0.05) is 41.5 Å². The Hall–Kier alpha value is -4.96. The molecule has 0 saturated carbocycles. The van der Waals surface area contributed by atoms with Crippen molar-refractivity contribution >= 4 is 35.3 Å². The standard InChI is InChI=1S/C26H17ClFN7O2/c27-21-11-19(5-6-22(21)28)33-26-30-13-20(17-3-1-2-16(10-17)4-7-24(36)37)25(34-26)35-14-18(12-32-35)23-8-9-29-15-31-23/h1-15H,(H,36,37)(H,30,33,34). The second-order valence-electron chi connectivity index (χ2n) is 7.75. The van der Waals surface area contributed by atoms with Crippen LogP contribution in [0, 0.1) is 5.82 Å². The van der Waals surface area contributed by atoms with Gasteiger partial charge in [-0.15, -0.1) is 0 Å². The Morgan fingerprint density at radius 1 is 1.08 bits per heavy atom. The molecule has 3 aromatic heterocycles. The molecule has 0 spiro atoms. The molecule has 0 aliphatic carbocycles. The van der Waals surface area contributed by atoms with Gasteiger partial charge in [-0.3, -0.25) is 0 Å². The minimum atomic E-state index is -1.04. The first-order valence-electron chi connectivity index (χ1n) is 10.9. The number of anilines is 2. The number of carbonyl (C=O) groups is 1. The molecule has 0 fully saturated rings. The Balaban J connectivity index is 1.59. The zero-order chi connectivity index (χ0) is 25.8. The second kappa shape index (κ2) is 10.3. The Labute approximate surface area is 215 Å². The average molecular weight is 514 g/mol. The normalized spacial score (nSPS) is 11.1. The van der Waals surface area contributed by atoms with Gasteiger partial charge in [0.05, 0.1) is 16.9 Å². The van der Waals surface area contributed by atoms with Gasteiger partial charge in [-0.2, -0.15) is 10.1 Å². The van der Waals surface area contributed by atoms with Crippen LogP contribution in [0.1, 0.15) is 5.56 Å². The number of rotatable bonds is 7. The molecule has 37 heavy (non-hydrogen) atoms. The zero-order valence-electron chi connectivity index (χ0n) is 19.0. The van der Waals surface area contributed by atoms with Gasteiger partial charge >= 0.3 is 5.97 Å². The van der Waals surface area contributed by atoms with Gasteiger partial charge in [-0.25, -0.2) is 28.8 Å². The monoisotopic (exact) mass is 513 g/mol. The van der Waals surface area contributed by atoms with Crippen LogP contribution >= 0.6 is 11.6 Å². The molecule has 5 rings (SSSR count). The molecule has 5 aromatic rings. The fraction of sp³-hybridized carbons (Fsp3) is 0. The number of carboxylic acids is 1. The first-order valence-corrected chi connectivity index (χ1v) is 11.3. The summed E-state index contributed by atoms with van der Waals surface area (Å²) in [5, 5.41) is 16.5. The maximum absolute atomic E-state index is 13.6. The molecular formula is C26H17ClFN7O2. The summed E-state index contributed by atoms with van der Waals surface area (Å²) in [6.45, 7) is 0. The lowest BCUT2D eigenvalue weighted by molar-refractivity contribution is -0.131. The van der Waals surface area contributed by atoms with Crippen molar-refractivity contribution in [2.24, 2.45) is 0 Å². The molecule has 0 unspecified atom stereocenters. The van der Waals surface area contributed by atoms with E-state index in [-0.39, 0.29) is 11.0 Å². The van der Waals surface area contributed by atoms with Crippen molar-refractivity contribution in [2.75, 3.05) is 5.32 Å². The van der Waals surface area contributed by atoms with Gasteiger partial charge in [0.2, 0.25) is 5.95 Å². The number of carboxylic acid groups (broad SMARTS) is 1. The van der Waals surface area contributed by atoms with Crippen LogP contribution in [0.15, 0.2) is 85.7 Å². The molecule has 9 nitrogen and oxygen atoms in total. The smallest absolute Gasteiger partial charge is 0.328 e. The van der Waals surface area contributed by atoms with E-state index in [1.165, 1.54) is 30.6 Å². The molecular weight excluding hydrogens is 497 g/mol. The summed E-state index contributed by atoms with van der Waals surface area (Å²) in [5.74, 6) is -0.887. The molecule has 0 amide bonds. The first kappa shape index (κ1) is 23.8. The minimum Gasteiger partial charge on any atom is -0.478 e. The Morgan fingerprint density at radius 3 is 2.76 bits per heavy atom. The lowest BCUT2D eigenvalue weighted by atomic mass is 10.0. The molecule has 0 atom stereocenters. The van der Waals surface area contributed by atoms with Gasteiger partial charge < -0.3 is 10.4 Å². The van der Waals surface area contributed by atoms with Crippen molar-refractivity contribution in [2.45, 2.75) is 0 Å². The third kappa shape index (κ3) is 5.49. The summed E-state index contributed by atoms with van der Waals surface area (Å²) >= 11 is 5.91. The highest BCUT2D eigenvalue weighted by Gasteiger charge is 2.15.